The van der Waals surface area contributed by atoms with Crippen LogP contribution < -0.4 is 5.73 Å². The molecule has 2 nitrogen and oxygen atoms in total. The van der Waals surface area contributed by atoms with E-state index in [4.69, 9.17) is 22.1 Å². The van der Waals surface area contributed by atoms with Gasteiger partial charge in [0.1, 0.15) is 0 Å². The van der Waals surface area contributed by atoms with E-state index in [1.165, 1.54) is 18.4 Å². The molecule has 3 heteroatoms. The third-order valence-electron chi connectivity index (χ3n) is 4.47. The molecule has 20 heavy (non-hydrogen) atoms. The van der Waals surface area contributed by atoms with Gasteiger partial charge in [0.25, 0.3) is 0 Å². The van der Waals surface area contributed by atoms with Crippen LogP contribution in [0.1, 0.15) is 45.1 Å². The van der Waals surface area contributed by atoms with Crippen molar-refractivity contribution in [2.45, 2.75) is 57.6 Å². The van der Waals surface area contributed by atoms with Crippen LogP contribution in [0.15, 0.2) is 24.3 Å². The number of ether oxygens (including phenoxy) is 1. The lowest BCUT2D eigenvalue weighted by Crippen LogP contribution is -2.53. The molecule has 0 aliphatic heterocycles. The Kier molecular flexibility index (Phi) is 5.48. The minimum absolute atomic E-state index is 0.0476. The molecule has 1 fully saturated rings. The average molecular weight is 296 g/mol. The average Bonchev–Trinajstić information content (AvgIpc) is 2.41. The second-order valence-corrected chi connectivity index (χ2v) is 6.57. The molecule has 0 amide bonds. The lowest BCUT2D eigenvalue weighted by atomic mass is 9.73. The molecule has 1 saturated carbocycles. The fourth-order valence-corrected chi connectivity index (χ4v) is 3.59. The topological polar surface area (TPSA) is 35.2 Å². The SMILES string of the molecule is CCOC1(C(N)Cc2ccc(Cl)cc2)CCCC(C)C1. The van der Waals surface area contributed by atoms with Gasteiger partial charge in [0.15, 0.2) is 0 Å². The monoisotopic (exact) mass is 295 g/mol. The van der Waals surface area contributed by atoms with Gasteiger partial charge in [0, 0.05) is 17.7 Å². The number of halogens is 1. The summed E-state index contributed by atoms with van der Waals surface area (Å²) in [6.07, 6.45) is 5.53. The molecule has 3 unspecified atom stereocenters. The highest BCUT2D eigenvalue weighted by Gasteiger charge is 2.40. The van der Waals surface area contributed by atoms with E-state index < -0.39 is 0 Å². The van der Waals surface area contributed by atoms with Gasteiger partial charge in [-0.1, -0.05) is 43.5 Å². The van der Waals surface area contributed by atoms with E-state index in [1.807, 2.05) is 12.1 Å². The highest BCUT2D eigenvalue weighted by Crippen LogP contribution is 2.38. The second kappa shape index (κ2) is 6.93. The van der Waals surface area contributed by atoms with Crippen LogP contribution in [0, 0.1) is 5.92 Å². The first-order valence-corrected chi connectivity index (χ1v) is 8.07. The van der Waals surface area contributed by atoms with Crippen LogP contribution in [0.2, 0.25) is 5.02 Å². The number of benzene rings is 1. The number of hydrogen-bond donors (Lipinski definition) is 1. The molecule has 1 aromatic carbocycles. The van der Waals surface area contributed by atoms with Crippen molar-refractivity contribution in [2.75, 3.05) is 6.61 Å². The number of hydrogen-bond acceptors (Lipinski definition) is 2. The van der Waals surface area contributed by atoms with Crippen molar-refractivity contribution in [2.24, 2.45) is 11.7 Å². The molecule has 0 bridgehead atoms. The fourth-order valence-electron chi connectivity index (χ4n) is 3.47. The van der Waals surface area contributed by atoms with E-state index in [2.05, 4.69) is 26.0 Å². The molecule has 1 aliphatic rings. The van der Waals surface area contributed by atoms with E-state index in [-0.39, 0.29) is 11.6 Å². The Hall–Kier alpha value is -0.570. The van der Waals surface area contributed by atoms with Crippen molar-refractivity contribution in [3.63, 3.8) is 0 Å². The molecule has 0 aromatic heterocycles. The smallest absolute Gasteiger partial charge is 0.0838 e. The molecular formula is C17H26ClNO. The highest BCUT2D eigenvalue weighted by molar-refractivity contribution is 6.30. The fraction of sp³-hybridized carbons (Fsp3) is 0.647. The molecule has 0 radical (unpaired) electrons. The Morgan fingerprint density at radius 2 is 2.10 bits per heavy atom. The van der Waals surface area contributed by atoms with Crippen LogP contribution in [0.4, 0.5) is 0 Å². The van der Waals surface area contributed by atoms with Crippen LogP contribution in [-0.4, -0.2) is 18.2 Å². The number of rotatable bonds is 5. The van der Waals surface area contributed by atoms with Crippen molar-refractivity contribution in [3.05, 3.63) is 34.9 Å². The van der Waals surface area contributed by atoms with Gasteiger partial charge in [-0.15, -0.1) is 0 Å². The zero-order valence-electron chi connectivity index (χ0n) is 12.6. The van der Waals surface area contributed by atoms with E-state index in [9.17, 15) is 0 Å². The molecule has 0 spiro atoms. The minimum atomic E-state index is -0.147. The molecule has 112 valence electrons. The van der Waals surface area contributed by atoms with Crippen LogP contribution >= 0.6 is 11.6 Å². The Bertz CT molecular complexity index is 416. The van der Waals surface area contributed by atoms with Gasteiger partial charge in [-0.3, -0.25) is 0 Å². The van der Waals surface area contributed by atoms with E-state index in [1.54, 1.807) is 0 Å². The normalized spacial score (nSPS) is 28.3. The standard InChI is InChI=1S/C17H26ClNO/c1-3-20-17(10-4-5-13(2)12-17)16(19)11-14-6-8-15(18)9-7-14/h6-9,13,16H,3-5,10-12,19H2,1-2H3. The predicted molar refractivity (Wildman–Crippen MR) is 85.1 cm³/mol. The summed E-state index contributed by atoms with van der Waals surface area (Å²) in [6.45, 7) is 5.11. The van der Waals surface area contributed by atoms with Crippen LogP contribution in [0.3, 0.4) is 0 Å². The predicted octanol–water partition coefficient (Wildman–Crippen LogP) is 4.20. The van der Waals surface area contributed by atoms with Gasteiger partial charge in [-0.25, -0.2) is 0 Å². The minimum Gasteiger partial charge on any atom is -0.374 e. The van der Waals surface area contributed by atoms with E-state index in [0.29, 0.717) is 5.92 Å². The summed E-state index contributed by atoms with van der Waals surface area (Å²) in [5, 5.41) is 0.771. The first-order chi connectivity index (χ1) is 9.55. The molecule has 0 heterocycles. The maximum Gasteiger partial charge on any atom is 0.0838 e. The van der Waals surface area contributed by atoms with E-state index in [0.717, 1.165) is 30.9 Å². The molecular weight excluding hydrogens is 270 g/mol. The summed E-state index contributed by atoms with van der Waals surface area (Å²) in [4.78, 5) is 0. The van der Waals surface area contributed by atoms with Crippen LogP contribution in [0.5, 0.6) is 0 Å². The first kappa shape index (κ1) is 15.8. The Morgan fingerprint density at radius 3 is 2.70 bits per heavy atom. The summed E-state index contributed by atoms with van der Waals surface area (Å²) in [5.41, 5.74) is 7.63. The van der Waals surface area contributed by atoms with Gasteiger partial charge in [0.05, 0.1) is 5.60 Å². The molecule has 1 aliphatic carbocycles. The van der Waals surface area contributed by atoms with Gasteiger partial charge in [-0.05, 0) is 49.8 Å². The summed E-state index contributed by atoms with van der Waals surface area (Å²) < 4.78 is 6.15. The summed E-state index contributed by atoms with van der Waals surface area (Å²) in [7, 11) is 0. The number of nitrogens with two attached hydrogens (primary N) is 1. The lowest BCUT2D eigenvalue weighted by molar-refractivity contribution is -0.0925. The highest BCUT2D eigenvalue weighted by atomic mass is 35.5. The quantitative estimate of drug-likeness (QED) is 0.884. The Labute approximate surface area is 127 Å². The Morgan fingerprint density at radius 1 is 1.40 bits per heavy atom. The van der Waals surface area contributed by atoms with Gasteiger partial charge >= 0.3 is 0 Å². The zero-order valence-corrected chi connectivity index (χ0v) is 13.3. The summed E-state index contributed by atoms with van der Waals surface area (Å²) >= 11 is 5.94. The Balaban J connectivity index is 2.10. The van der Waals surface area contributed by atoms with Crippen molar-refractivity contribution < 1.29 is 4.74 Å². The largest absolute Gasteiger partial charge is 0.374 e. The van der Waals surface area contributed by atoms with Crippen molar-refractivity contribution >= 4 is 11.6 Å². The molecule has 2 N–H and O–H groups in total. The summed E-state index contributed by atoms with van der Waals surface area (Å²) in [6, 6.07) is 8.04. The maximum atomic E-state index is 6.54. The lowest BCUT2D eigenvalue weighted by Gasteiger charge is -2.44. The zero-order chi connectivity index (χ0) is 14.6. The molecule has 2 rings (SSSR count). The van der Waals surface area contributed by atoms with Crippen LogP contribution in [0.25, 0.3) is 0 Å². The van der Waals surface area contributed by atoms with Gasteiger partial charge in [-0.2, -0.15) is 0 Å². The van der Waals surface area contributed by atoms with E-state index >= 15 is 0 Å². The van der Waals surface area contributed by atoms with Crippen molar-refractivity contribution in [1.82, 2.24) is 0 Å². The molecule has 3 atom stereocenters. The summed E-state index contributed by atoms with van der Waals surface area (Å²) in [5.74, 6) is 0.701. The third kappa shape index (κ3) is 3.75. The van der Waals surface area contributed by atoms with Crippen LogP contribution in [-0.2, 0) is 11.2 Å². The molecule has 1 aromatic rings. The first-order valence-electron chi connectivity index (χ1n) is 7.70. The maximum absolute atomic E-state index is 6.54. The van der Waals surface area contributed by atoms with Crippen molar-refractivity contribution in [1.29, 1.82) is 0 Å². The van der Waals surface area contributed by atoms with Crippen molar-refractivity contribution in [3.8, 4) is 0 Å². The third-order valence-corrected chi connectivity index (χ3v) is 4.72. The molecule has 0 saturated heterocycles. The van der Waals surface area contributed by atoms with Gasteiger partial charge in [0.2, 0.25) is 0 Å². The second-order valence-electron chi connectivity index (χ2n) is 6.14. The van der Waals surface area contributed by atoms with Gasteiger partial charge < -0.3 is 10.5 Å².